The molecule has 0 unspecified atom stereocenters. The SMILES string of the molecule is Cc1[nH]c(C=O)cc1C(=O)/C=C/c1ccc2ccccc2c1. The van der Waals surface area contributed by atoms with Crippen molar-refractivity contribution < 1.29 is 9.59 Å². The van der Waals surface area contributed by atoms with E-state index in [0.717, 1.165) is 10.9 Å². The molecular formula is C19H15NO2. The molecule has 0 atom stereocenters. The zero-order valence-electron chi connectivity index (χ0n) is 12.2. The van der Waals surface area contributed by atoms with Crippen molar-refractivity contribution >= 4 is 28.9 Å². The van der Waals surface area contributed by atoms with Crippen LogP contribution in [0.4, 0.5) is 0 Å². The van der Waals surface area contributed by atoms with Crippen molar-refractivity contribution in [2.75, 3.05) is 0 Å². The molecule has 0 fully saturated rings. The van der Waals surface area contributed by atoms with Crippen LogP contribution in [0, 0.1) is 6.92 Å². The Morgan fingerprint density at radius 1 is 1.05 bits per heavy atom. The fraction of sp³-hybridized carbons (Fsp3) is 0.0526. The number of aldehydes is 1. The van der Waals surface area contributed by atoms with Gasteiger partial charge in [-0.1, -0.05) is 42.5 Å². The van der Waals surface area contributed by atoms with Crippen LogP contribution >= 0.6 is 0 Å². The molecule has 0 saturated heterocycles. The summed E-state index contributed by atoms with van der Waals surface area (Å²) in [5.74, 6) is -0.116. The molecule has 1 aromatic heterocycles. The molecule has 3 rings (SSSR count). The van der Waals surface area contributed by atoms with Gasteiger partial charge in [0.25, 0.3) is 0 Å². The second-order valence-electron chi connectivity index (χ2n) is 5.19. The monoisotopic (exact) mass is 289 g/mol. The minimum absolute atomic E-state index is 0.116. The van der Waals surface area contributed by atoms with Crippen LogP contribution in [-0.2, 0) is 0 Å². The van der Waals surface area contributed by atoms with Crippen molar-refractivity contribution in [3.05, 3.63) is 77.1 Å². The van der Waals surface area contributed by atoms with Gasteiger partial charge in [0.1, 0.15) is 0 Å². The first-order valence-corrected chi connectivity index (χ1v) is 7.03. The highest BCUT2D eigenvalue weighted by molar-refractivity contribution is 6.08. The van der Waals surface area contributed by atoms with E-state index in [2.05, 4.69) is 11.1 Å². The molecule has 0 amide bonds. The first-order valence-electron chi connectivity index (χ1n) is 7.03. The number of H-pyrrole nitrogens is 1. The Kier molecular flexibility index (Phi) is 3.71. The van der Waals surface area contributed by atoms with Crippen LogP contribution in [0.1, 0.15) is 32.1 Å². The predicted octanol–water partition coefficient (Wildman–Crippen LogP) is 4.18. The number of hydrogen-bond acceptors (Lipinski definition) is 2. The lowest BCUT2D eigenvalue weighted by molar-refractivity contribution is 0.104. The highest BCUT2D eigenvalue weighted by atomic mass is 16.1. The maximum atomic E-state index is 12.2. The maximum Gasteiger partial charge on any atom is 0.187 e. The van der Waals surface area contributed by atoms with Crippen LogP contribution in [0.25, 0.3) is 16.8 Å². The van der Waals surface area contributed by atoms with Gasteiger partial charge in [-0.15, -0.1) is 0 Å². The standard InChI is InChI=1S/C19H15NO2/c1-13-18(11-17(12-21)20-13)19(22)9-7-14-6-8-15-4-2-3-5-16(15)10-14/h2-12,20H,1H3/b9-7+. The number of aromatic nitrogens is 1. The highest BCUT2D eigenvalue weighted by Gasteiger charge is 2.09. The molecule has 0 radical (unpaired) electrons. The molecule has 108 valence electrons. The van der Waals surface area contributed by atoms with Gasteiger partial charge < -0.3 is 4.98 Å². The number of nitrogens with one attached hydrogen (secondary N) is 1. The average molecular weight is 289 g/mol. The van der Waals surface area contributed by atoms with Gasteiger partial charge in [-0.2, -0.15) is 0 Å². The molecule has 0 bridgehead atoms. The van der Waals surface area contributed by atoms with Crippen molar-refractivity contribution in [3.8, 4) is 0 Å². The topological polar surface area (TPSA) is 49.9 Å². The Morgan fingerprint density at radius 3 is 2.55 bits per heavy atom. The number of carbonyl (C=O) groups is 2. The summed E-state index contributed by atoms with van der Waals surface area (Å²) in [5, 5.41) is 2.31. The third-order valence-corrected chi connectivity index (χ3v) is 3.63. The summed E-state index contributed by atoms with van der Waals surface area (Å²) in [6, 6.07) is 15.7. The summed E-state index contributed by atoms with van der Waals surface area (Å²) in [7, 11) is 0. The first-order chi connectivity index (χ1) is 10.7. The molecule has 0 saturated carbocycles. The molecule has 0 spiro atoms. The summed E-state index contributed by atoms with van der Waals surface area (Å²) in [6.07, 6.45) is 4.04. The summed E-state index contributed by atoms with van der Waals surface area (Å²) < 4.78 is 0. The van der Waals surface area contributed by atoms with Gasteiger partial charge in [-0.3, -0.25) is 9.59 Å². The van der Waals surface area contributed by atoms with Gasteiger partial charge in [-0.25, -0.2) is 0 Å². The normalized spacial score (nSPS) is 11.1. The lowest BCUT2D eigenvalue weighted by atomic mass is 10.1. The van der Waals surface area contributed by atoms with E-state index >= 15 is 0 Å². The molecule has 3 heteroatoms. The van der Waals surface area contributed by atoms with E-state index in [0.29, 0.717) is 23.2 Å². The third-order valence-electron chi connectivity index (χ3n) is 3.63. The van der Waals surface area contributed by atoms with Gasteiger partial charge in [0, 0.05) is 11.3 Å². The summed E-state index contributed by atoms with van der Waals surface area (Å²) >= 11 is 0. The van der Waals surface area contributed by atoms with Crippen molar-refractivity contribution in [2.24, 2.45) is 0 Å². The van der Waals surface area contributed by atoms with Crippen LogP contribution in [0.3, 0.4) is 0 Å². The third kappa shape index (κ3) is 2.74. The van der Waals surface area contributed by atoms with Crippen LogP contribution in [0.15, 0.2) is 54.6 Å². The number of hydrogen-bond donors (Lipinski definition) is 1. The minimum atomic E-state index is -0.116. The molecule has 2 aromatic carbocycles. The fourth-order valence-corrected chi connectivity index (χ4v) is 2.48. The number of fused-ring (bicyclic) bond motifs is 1. The second-order valence-corrected chi connectivity index (χ2v) is 5.19. The van der Waals surface area contributed by atoms with E-state index < -0.39 is 0 Å². The molecular weight excluding hydrogens is 274 g/mol. The molecule has 1 heterocycles. The van der Waals surface area contributed by atoms with Crippen molar-refractivity contribution in [2.45, 2.75) is 6.92 Å². The van der Waals surface area contributed by atoms with E-state index in [-0.39, 0.29) is 5.78 Å². The Labute approximate surface area is 128 Å². The molecule has 0 aliphatic rings. The zero-order valence-corrected chi connectivity index (χ0v) is 12.2. The largest absolute Gasteiger partial charge is 0.356 e. The van der Waals surface area contributed by atoms with Gasteiger partial charge in [0.05, 0.1) is 5.69 Å². The smallest absolute Gasteiger partial charge is 0.187 e. The van der Waals surface area contributed by atoms with Crippen LogP contribution in [0.5, 0.6) is 0 Å². The number of aryl methyl sites for hydroxylation is 1. The quantitative estimate of drug-likeness (QED) is 0.445. The van der Waals surface area contributed by atoms with E-state index in [1.54, 1.807) is 19.1 Å². The second kappa shape index (κ2) is 5.82. The lowest BCUT2D eigenvalue weighted by Crippen LogP contribution is -1.94. The Bertz CT molecular complexity index is 887. The van der Waals surface area contributed by atoms with Gasteiger partial charge in [0.2, 0.25) is 0 Å². The number of rotatable bonds is 4. The van der Waals surface area contributed by atoms with Crippen LogP contribution in [0.2, 0.25) is 0 Å². The number of carbonyl (C=O) groups excluding carboxylic acids is 2. The van der Waals surface area contributed by atoms with E-state index in [9.17, 15) is 9.59 Å². The number of ketones is 1. The number of aromatic amines is 1. The molecule has 0 aliphatic carbocycles. The number of benzene rings is 2. The summed E-state index contributed by atoms with van der Waals surface area (Å²) in [4.78, 5) is 25.8. The minimum Gasteiger partial charge on any atom is -0.356 e. The first kappa shape index (κ1) is 14.0. The molecule has 0 aliphatic heterocycles. The Balaban J connectivity index is 1.86. The lowest BCUT2D eigenvalue weighted by Gasteiger charge is -1.99. The van der Waals surface area contributed by atoms with Crippen molar-refractivity contribution in [1.82, 2.24) is 4.98 Å². The predicted molar refractivity (Wildman–Crippen MR) is 88.2 cm³/mol. The van der Waals surface area contributed by atoms with Crippen molar-refractivity contribution in [1.29, 1.82) is 0 Å². The zero-order chi connectivity index (χ0) is 15.5. The summed E-state index contributed by atoms with van der Waals surface area (Å²) in [6.45, 7) is 1.78. The van der Waals surface area contributed by atoms with Crippen LogP contribution in [-0.4, -0.2) is 17.1 Å². The molecule has 3 nitrogen and oxygen atoms in total. The average Bonchev–Trinajstić information content (AvgIpc) is 2.93. The molecule has 22 heavy (non-hydrogen) atoms. The molecule has 3 aromatic rings. The van der Waals surface area contributed by atoms with E-state index in [1.165, 1.54) is 11.5 Å². The van der Waals surface area contributed by atoms with Gasteiger partial charge >= 0.3 is 0 Å². The van der Waals surface area contributed by atoms with Gasteiger partial charge in [0.15, 0.2) is 12.1 Å². The number of allylic oxidation sites excluding steroid dienone is 1. The highest BCUT2D eigenvalue weighted by Crippen LogP contribution is 2.17. The molecule has 1 N–H and O–H groups in total. The van der Waals surface area contributed by atoms with Crippen LogP contribution < -0.4 is 0 Å². The van der Waals surface area contributed by atoms with E-state index in [1.807, 2.05) is 36.4 Å². The van der Waals surface area contributed by atoms with Gasteiger partial charge in [-0.05, 0) is 41.5 Å². The summed E-state index contributed by atoms with van der Waals surface area (Å²) in [5.41, 5.74) is 2.62. The Hall–Kier alpha value is -2.94. The van der Waals surface area contributed by atoms with E-state index in [4.69, 9.17) is 0 Å². The Morgan fingerprint density at radius 2 is 1.82 bits per heavy atom. The fourth-order valence-electron chi connectivity index (χ4n) is 2.48. The maximum absolute atomic E-state index is 12.2. The van der Waals surface area contributed by atoms with Crippen molar-refractivity contribution in [3.63, 3.8) is 0 Å².